The number of methoxy groups -OCH3 is 4. The Kier molecular flexibility index (Phi) is 7.62. The molecule has 0 saturated heterocycles. The Labute approximate surface area is 226 Å². The molecule has 8 heteroatoms. The van der Waals surface area contributed by atoms with E-state index in [0.29, 0.717) is 34.6 Å². The van der Waals surface area contributed by atoms with Crippen molar-refractivity contribution in [1.29, 1.82) is 0 Å². The van der Waals surface area contributed by atoms with Crippen LogP contribution in [0.4, 0.5) is 0 Å². The smallest absolute Gasteiger partial charge is 0.235 e. The van der Waals surface area contributed by atoms with Gasteiger partial charge in [-0.15, -0.1) is 0 Å². The first-order valence-electron chi connectivity index (χ1n) is 11.1. The van der Waals surface area contributed by atoms with Gasteiger partial charge in [0.25, 0.3) is 0 Å². The Morgan fingerprint density at radius 1 is 0.750 bits per heavy atom. The van der Waals surface area contributed by atoms with E-state index < -0.39 is 0 Å². The number of benzene rings is 3. The summed E-state index contributed by atoms with van der Waals surface area (Å²) >= 11 is 6.15. The van der Waals surface area contributed by atoms with E-state index in [-0.39, 0.29) is 17.0 Å². The van der Waals surface area contributed by atoms with Crippen molar-refractivity contribution in [2.24, 2.45) is 0 Å². The Morgan fingerprint density at radius 2 is 1.36 bits per heavy atom. The van der Waals surface area contributed by atoms with Crippen molar-refractivity contribution in [1.82, 2.24) is 4.90 Å². The van der Waals surface area contributed by atoms with Gasteiger partial charge >= 0.3 is 0 Å². The van der Waals surface area contributed by atoms with Crippen LogP contribution in [0.2, 0.25) is 5.02 Å². The first-order chi connectivity index (χ1) is 17.1. The molecule has 2 heterocycles. The second kappa shape index (κ2) is 10.7. The highest BCUT2D eigenvalue weighted by molar-refractivity contribution is 6.30. The maximum atomic E-state index is 6.15. The summed E-state index contributed by atoms with van der Waals surface area (Å²) in [5.74, 6) is 2.69. The molecule has 5 rings (SSSR count). The molecule has 0 aliphatic carbocycles. The van der Waals surface area contributed by atoms with Crippen molar-refractivity contribution in [3.05, 3.63) is 88.1 Å². The lowest BCUT2D eigenvalue weighted by atomic mass is 9.93. The zero-order valence-electron chi connectivity index (χ0n) is 20.4. The third-order valence-electron chi connectivity index (χ3n) is 6.24. The Balaban J connectivity index is 0.00000304. The maximum absolute atomic E-state index is 6.15. The molecule has 2 aliphatic rings. The Hall–Kier alpha value is -3.42. The van der Waals surface area contributed by atoms with E-state index in [4.69, 9.17) is 30.5 Å². The largest absolute Gasteiger partial charge is 1.00 e. The van der Waals surface area contributed by atoms with Crippen LogP contribution in [0.3, 0.4) is 0 Å². The third kappa shape index (κ3) is 4.56. The standard InChI is InChI=1S/C28H25ClN2O4.BrH/c1-32-23-10-7-19(14-24(23)33-2)27-28-21-15-26(35-4)25(34-3)13-18(21)11-12-31(28)16-22(30-27)17-5-8-20(29)9-6-17;/h5-15H,16H2,1-4H3;1H. The van der Waals surface area contributed by atoms with Crippen LogP contribution in [-0.4, -0.2) is 45.6 Å². The number of halogens is 2. The topological polar surface area (TPSA) is 54.1 Å². The van der Waals surface area contributed by atoms with E-state index >= 15 is 0 Å². The molecule has 0 amide bonds. The summed E-state index contributed by atoms with van der Waals surface area (Å²) in [5, 5.41) is 0.703. The van der Waals surface area contributed by atoms with Crippen LogP contribution in [0.5, 0.6) is 23.0 Å². The van der Waals surface area contributed by atoms with E-state index in [2.05, 4.69) is 22.2 Å². The highest BCUT2D eigenvalue weighted by atomic mass is 79.9. The highest BCUT2D eigenvalue weighted by Gasteiger charge is 2.34. The van der Waals surface area contributed by atoms with Crippen molar-refractivity contribution >= 4 is 34.8 Å². The summed E-state index contributed by atoms with van der Waals surface area (Å²) in [6.45, 7) is 0.665. The number of rotatable bonds is 6. The molecule has 186 valence electrons. The van der Waals surface area contributed by atoms with Crippen LogP contribution < -0.4 is 40.9 Å². The lowest BCUT2D eigenvalue weighted by molar-refractivity contribution is -0.346. The van der Waals surface area contributed by atoms with Crippen molar-refractivity contribution in [3.63, 3.8) is 0 Å². The third-order valence-corrected chi connectivity index (χ3v) is 6.49. The molecular formula is C28H26BrClN2O4. The zero-order chi connectivity index (χ0) is 24.5. The van der Waals surface area contributed by atoms with Crippen molar-refractivity contribution < 1.29 is 40.9 Å². The molecule has 0 aromatic heterocycles. The van der Waals surface area contributed by atoms with Gasteiger partial charge in [-0.05, 0) is 66.2 Å². The number of nitrogens with zero attached hydrogens (tertiary/aromatic N) is 1. The Bertz CT molecular complexity index is 1380. The van der Waals surface area contributed by atoms with Crippen LogP contribution in [0.25, 0.3) is 17.5 Å². The van der Waals surface area contributed by atoms with E-state index in [1.807, 2.05) is 54.6 Å². The fourth-order valence-corrected chi connectivity index (χ4v) is 4.61. The summed E-state index contributed by atoms with van der Waals surface area (Å²) in [5.41, 5.74) is 7.15. The molecule has 0 spiro atoms. The molecule has 2 aliphatic heterocycles. The second-order valence-electron chi connectivity index (χ2n) is 8.14. The first kappa shape index (κ1) is 25.7. The van der Waals surface area contributed by atoms with E-state index in [0.717, 1.165) is 39.4 Å². The number of ether oxygens (including phenoxy) is 4. The molecule has 0 saturated carbocycles. The maximum Gasteiger partial charge on any atom is 0.235 e. The van der Waals surface area contributed by atoms with E-state index in [1.165, 1.54) is 0 Å². The molecule has 36 heavy (non-hydrogen) atoms. The average Bonchev–Trinajstić information content (AvgIpc) is 2.91. The summed E-state index contributed by atoms with van der Waals surface area (Å²) in [6, 6.07) is 17.8. The van der Waals surface area contributed by atoms with Gasteiger partial charge in [0, 0.05) is 22.3 Å². The summed E-state index contributed by atoms with van der Waals surface area (Å²) in [7, 11) is 6.57. The molecule has 0 radical (unpaired) electrons. The number of nitrogens with one attached hydrogen (secondary N) is 1. The fourth-order valence-electron chi connectivity index (χ4n) is 4.48. The lowest BCUT2D eigenvalue weighted by Gasteiger charge is -2.31. The van der Waals surface area contributed by atoms with E-state index in [9.17, 15) is 0 Å². The van der Waals surface area contributed by atoms with Crippen LogP contribution in [-0.2, 0) is 0 Å². The van der Waals surface area contributed by atoms with Crippen LogP contribution in [0.15, 0.2) is 60.8 Å². The number of fused-ring (bicyclic) bond motifs is 3. The highest BCUT2D eigenvalue weighted by Crippen LogP contribution is 2.41. The van der Waals surface area contributed by atoms with Gasteiger partial charge in [0.1, 0.15) is 12.2 Å². The van der Waals surface area contributed by atoms with Gasteiger partial charge < -0.3 is 40.8 Å². The van der Waals surface area contributed by atoms with Gasteiger partial charge in [-0.2, -0.15) is 0 Å². The summed E-state index contributed by atoms with van der Waals surface area (Å²) in [4.78, 5) is 5.95. The molecule has 0 bridgehead atoms. The minimum Gasteiger partial charge on any atom is -1.00 e. The van der Waals surface area contributed by atoms with Crippen molar-refractivity contribution in [2.45, 2.75) is 0 Å². The average molecular weight is 570 g/mol. The zero-order valence-corrected chi connectivity index (χ0v) is 22.7. The van der Waals surface area contributed by atoms with Crippen molar-refractivity contribution in [3.8, 4) is 23.0 Å². The van der Waals surface area contributed by atoms with Gasteiger partial charge in [0.05, 0.1) is 34.0 Å². The first-order valence-corrected chi connectivity index (χ1v) is 11.5. The minimum absolute atomic E-state index is 0. The predicted octanol–water partition coefficient (Wildman–Crippen LogP) is 1.07. The molecule has 3 aromatic carbocycles. The molecule has 0 unspecified atom stereocenters. The normalized spacial score (nSPS) is 13.8. The van der Waals surface area contributed by atoms with E-state index in [1.54, 1.807) is 28.4 Å². The van der Waals surface area contributed by atoms with Gasteiger partial charge in [-0.3, -0.25) is 0 Å². The lowest BCUT2D eigenvalue weighted by Crippen LogP contribution is -3.00. The molecule has 0 atom stereocenters. The minimum atomic E-state index is 0. The van der Waals surface area contributed by atoms with Crippen LogP contribution in [0.1, 0.15) is 22.3 Å². The van der Waals surface area contributed by atoms with Crippen molar-refractivity contribution in [2.75, 3.05) is 35.0 Å². The Morgan fingerprint density at radius 3 is 2.03 bits per heavy atom. The molecule has 6 nitrogen and oxygen atoms in total. The number of hydrogen-bond acceptors (Lipinski definition) is 5. The van der Waals surface area contributed by atoms with Gasteiger partial charge in [-0.25, -0.2) is 4.99 Å². The van der Waals surface area contributed by atoms with Crippen LogP contribution in [0, 0.1) is 0 Å². The molecule has 1 N–H and O–H groups in total. The monoisotopic (exact) mass is 568 g/mol. The SMILES string of the molecule is COc1ccc(C2=C3c4cc(OC)c(OC)cc4C=CN3CC(c3ccc(Cl)cc3)=[NH+]2)cc1OC.[Br-]. The van der Waals surface area contributed by atoms with Gasteiger partial charge in [-0.1, -0.05) is 11.6 Å². The summed E-state index contributed by atoms with van der Waals surface area (Å²) < 4.78 is 22.2. The quantitative estimate of drug-likeness (QED) is 0.482. The molecule has 0 fully saturated rings. The predicted molar refractivity (Wildman–Crippen MR) is 138 cm³/mol. The second-order valence-corrected chi connectivity index (χ2v) is 8.58. The van der Waals surface area contributed by atoms with Gasteiger partial charge in [0.15, 0.2) is 23.0 Å². The molecule has 3 aromatic rings. The number of hydrogen-bond donors (Lipinski definition) is 1. The van der Waals surface area contributed by atoms with Crippen LogP contribution >= 0.6 is 11.6 Å². The summed E-state index contributed by atoms with van der Waals surface area (Å²) in [6.07, 6.45) is 4.19. The fraction of sp³-hybridized carbons (Fsp3) is 0.179. The molecular weight excluding hydrogens is 544 g/mol. The van der Waals surface area contributed by atoms with Gasteiger partial charge in [0.2, 0.25) is 11.4 Å².